The molecular formula is C50H36F4N4O6. The molecule has 3 aromatic heterocycles. The van der Waals surface area contributed by atoms with Crippen molar-refractivity contribution in [2.45, 2.75) is 13.2 Å². The fraction of sp³-hybridized carbons (Fsp3) is 0.120. The van der Waals surface area contributed by atoms with E-state index in [0.29, 0.717) is 61.3 Å². The molecule has 1 saturated heterocycles. The van der Waals surface area contributed by atoms with Crippen LogP contribution in [0.3, 0.4) is 0 Å². The third-order valence-electron chi connectivity index (χ3n) is 11.2. The molecule has 6 heterocycles. The SMILES string of the molecule is CC1OCC(COc2c(F)c(F)c(-c3c4nc(c(-c5cccc(O)c5)c5ccc([nH]5)c(-c5cccc(O)c5)c5nc(c(-c6cccc(O)c6)c6ccc3[nH]6)C=C5)C=C4)c(F)c2F)CO1. The zero-order chi connectivity index (χ0) is 44.2. The predicted molar refractivity (Wildman–Crippen MR) is 236 cm³/mol. The molecule has 10 nitrogen and oxygen atoms in total. The molecule has 3 aliphatic rings. The first-order chi connectivity index (χ1) is 31.0. The Hall–Kier alpha value is -7.68. The Kier molecular flexibility index (Phi) is 10.2. The fourth-order valence-corrected chi connectivity index (χ4v) is 8.26. The van der Waals surface area contributed by atoms with Crippen molar-refractivity contribution >= 4 is 46.4 Å². The van der Waals surface area contributed by atoms with E-state index in [1.807, 2.05) is 12.1 Å². The van der Waals surface area contributed by atoms with Crippen molar-refractivity contribution in [3.8, 4) is 67.5 Å². The minimum absolute atomic E-state index is 0.0279. The lowest BCUT2D eigenvalue weighted by molar-refractivity contribution is -0.194. The molecule has 320 valence electrons. The minimum Gasteiger partial charge on any atom is -0.508 e. The Morgan fingerprint density at radius 2 is 0.906 bits per heavy atom. The number of ether oxygens (including phenoxy) is 3. The number of nitrogens with one attached hydrogen (secondary N) is 2. The molecule has 0 unspecified atom stereocenters. The van der Waals surface area contributed by atoms with Crippen molar-refractivity contribution in [1.82, 2.24) is 19.9 Å². The average Bonchev–Trinajstić information content (AvgIpc) is 4.13. The van der Waals surface area contributed by atoms with Crippen LogP contribution >= 0.6 is 0 Å². The van der Waals surface area contributed by atoms with Gasteiger partial charge in [-0.25, -0.2) is 18.7 Å². The van der Waals surface area contributed by atoms with Gasteiger partial charge in [-0.05, 0) is 109 Å². The number of rotatable bonds is 7. The molecule has 3 aliphatic heterocycles. The minimum atomic E-state index is -1.75. The van der Waals surface area contributed by atoms with Gasteiger partial charge in [-0.3, -0.25) is 0 Å². The van der Waals surface area contributed by atoms with E-state index in [0.717, 1.165) is 0 Å². The van der Waals surface area contributed by atoms with Gasteiger partial charge >= 0.3 is 0 Å². The molecule has 14 heteroatoms. The molecule has 0 aliphatic carbocycles. The summed E-state index contributed by atoms with van der Waals surface area (Å²) in [6, 6.07) is 26.4. The molecule has 0 atom stereocenters. The molecular weight excluding hydrogens is 829 g/mol. The molecule has 10 rings (SSSR count). The van der Waals surface area contributed by atoms with E-state index in [9.17, 15) is 15.3 Å². The predicted octanol–water partition coefficient (Wildman–Crippen LogP) is 11.4. The van der Waals surface area contributed by atoms with E-state index < -0.39 is 46.8 Å². The highest BCUT2D eigenvalue weighted by Gasteiger charge is 2.32. The van der Waals surface area contributed by atoms with Crippen LogP contribution < -0.4 is 4.74 Å². The van der Waals surface area contributed by atoms with Crippen LogP contribution in [0, 0.1) is 29.2 Å². The van der Waals surface area contributed by atoms with E-state index in [1.54, 1.807) is 79.7 Å². The van der Waals surface area contributed by atoms with Crippen molar-refractivity contribution in [2.24, 2.45) is 5.92 Å². The van der Waals surface area contributed by atoms with Gasteiger partial charge in [0.15, 0.2) is 23.7 Å². The van der Waals surface area contributed by atoms with Crippen LogP contribution in [-0.4, -0.2) is 61.4 Å². The monoisotopic (exact) mass is 864 g/mol. The highest BCUT2D eigenvalue weighted by atomic mass is 19.2. The van der Waals surface area contributed by atoms with Crippen molar-refractivity contribution < 1.29 is 47.1 Å². The van der Waals surface area contributed by atoms with Gasteiger partial charge in [0.1, 0.15) is 17.2 Å². The Morgan fingerprint density at radius 1 is 0.531 bits per heavy atom. The first-order valence-electron chi connectivity index (χ1n) is 20.3. The number of phenols is 3. The Labute approximate surface area is 362 Å². The second kappa shape index (κ2) is 16.2. The van der Waals surface area contributed by atoms with Crippen LogP contribution in [0.4, 0.5) is 17.6 Å². The maximum absolute atomic E-state index is 16.7. The number of halogens is 4. The van der Waals surface area contributed by atoms with Crippen LogP contribution in [-0.2, 0) is 9.47 Å². The van der Waals surface area contributed by atoms with Gasteiger partial charge in [-0.15, -0.1) is 0 Å². The van der Waals surface area contributed by atoms with E-state index >= 15 is 17.6 Å². The Balaban J connectivity index is 1.31. The lowest BCUT2D eigenvalue weighted by atomic mass is 10.0. The van der Waals surface area contributed by atoms with Gasteiger partial charge < -0.3 is 39.5 Å². The molecule has 8 bridgehead atoms. The molecule has 4 aromatic carbocycles. The highest BCUT2D eigenvalue weighted by Crippen LogP contribution is 2.43. The van der Waals surface area contributed by atoms with Crippen molar-refractivity contribution in [1.29, 1.82) is 0 Å². The standard InChI is InChI=1S/C50H36F4N4O6/c1-25-62-22-26(23-63-25)24-64-50-48(53)46(51)45(47(52)49(50)54)44-39-17-15-37(57-39)42(28-6-3-9-31(60)20-28)35-13-11-33(55-35)41(27-5-2-8-30(59)19-27)34-12-14-36(56-34)43(38-16-18-40(44)58-38)29-7-4-10-32(61)21-29/h2-21,25-26,55,58-61H,22-24H2,1H3. The second-order valence-corrected chi connectivity index (χ2v) is 15.5. The Bertz CT molecular complexity index is 3190. The third-order valence-corrected chi connectivity index (χ3v) is 11.2. The molecule has 5 N–H and O–H groups in total. The van der Waals surface area contributed by atoms with Crippen molar-refractivity contribution in [3.05, 3.63) is 143 Å². The van der Waals surface area contributed by atoms with Crippen LogP contribution in [0.2, 0.25) is 0 Å². The van der Waals surface area contributed by atoms with Gasteiger partial charge in [0.25, 0.3) is 0 Å². The maximum Gasteiger partial charge on any atom is 0.204 e. The Morgan fingerprint density at radius 3 is 1.30 bits per heavy atom. The topological polar surface area (TPSA) is 146 Å². The quantitative estimate of drug-likeness (QED) is 0.0786. The lowest BCUT2D eigenvalue weighted by Crippen LogP contribution is -2.33. The normalized spacial score (nSPS) is 15.8. The lowest BCUT2D eigenvalue weighted by Gasteiger charge is -2.27. The van der Waals surface area contributed by atoms with Gasteiger partial charge in [-0.2, -0.15) is 8.78 Å². The van der Waals surface area contributed by atoms with Crippen molar-refractivity contribution in [3.63, 3.8) is 0 Å². The number of aromatic amines is 2. The van der Waals surface area contributed by atoms with E-state index in [-0.39, 0.29) is 59.5 Å². The fourth-order valence-electron chi connectivity index (χ4n) is 8.26. The van der Waals surface area contributed by atoms with Crippen LogP contribution in [0.1, 0.15) is 29.7 Å². The molecule has 0 amide bonds. The molecule has 64 heavy (non-hydrogen) atoms. The summed E-state index contributed by atoms with van der Waals surface area (Å²) in [5.41, 5.74) is 4.49. The van der Waals surface area contributed by atoms with Gasteiger partial charge in [0.2, 0.25) is 11.6 Å². The third kappa shape index (κ3) is 7.31. The molecule has 0 saturated carbocycles. The number of aromatic hydroxyl groups is 3. The average molecular weight is 865 g/mol. The van der Waals surface area contributed by atoms with Gasteiger partial charge in [-0.1, -0.05) is 36.4 Å². The number of fused-ring (bicyclic) bond motifs is 8. The summed E-state index contributed by atoms with van der Waals surface area (Å²) in [5.74, 6) is -8.67. The number of hydrogen-bond acceptors (Lipinski definition) is 8. The molecule has 0 spiro atoms. The van der Waals surface area contributed by atoms with E-state index in [1.165, 1.54) is 36.4 Å². The smallest absolute Gasteiger partial charge is 0.204 e. The number of benzene rings is 4. The van der Waals surface area contributed by atoms with Crippen LogP contribution in [0.15, 0.2) is 97.1 Å². The first kappa shape index (κ1) is 40.4. The summed E-state index contributed by atoms with van der Waals surface area (Å²) in [6.45, 7) is 1.65. The van der Waals surface area contributed by atoms with Gasteiger partial charge in [0.05, 0.1) is 48.2 Å². The molecule has 0 radical (unpaired) electrons. The van der Waals surface area contributed by atoms with Crippen LogP contribution in [0.5, 0.6) is 23.0 Å². The number of nitrogens with zero attached hydrogens (tertiary/aromatic N) is 2. The number of phenolic OH excluding ortho intramolecular Hbond substituents is 3. The number of aromatic nitrogens is 4. The summed E-state index contributed by atoms with van der Waals surface area (Å²) >= 11 is 0. The summed E-state index contributed by atoms with van der Waals surface area (Å²) in [7, 11) is 0. The van der Waals surface area contributed by atoms with Crippen molar-refractivity contribution in [2.75, 3.05) is 19.8 Å². The highest BCUT2D eigenvalue weighted by molar-refractivity contribution is 6.00. The summed E-state index contributed by atoms with van der Waals surface area (Å²) in [6.07, 6.45) is 6.17. The zero-order valence-electron chi connectivity index (χ0n) is 33.8. The molecule has 1 fully saturated rings. The summed E-state index contributed by atoms with van der Waals surface area (Å²) < 4.78 is 82.1. The van der Waals surface area contributed by atoms with E-state index in [4.69, 9.17) is 24.2 Å². The number of H-pyrrole nitrogens is 2. The first-order valence-corrected chi connectivity index (χ1v) is 20.3. The number of hydrogen-bond donors (Lipinski definition) is 5. The summed E-state index contributed by atoms with van der Waals surface area (Å²) in [4.78, 5) is 16.7. The molecule has 7 aromatic rings. The maximum atomic E-state index is 16.7. The van der Waals surface area contributed by atoms with Gasteiger partial charge in [0, 0.05) is 50.2 Å². The summed E-state index contributed by atoms with van der Waals surface area (Å²) in [5, 5.41) is 31.9. The zero-order valence-corrected chi connectivity index (χ0v) is 33.8. The second-order valence-electron chi connectivity index (χ2n) is 15.5. The van der Waals surface area contributed by atoms with E-state index in [2.05, 4.69) is 9.97 Å². The van der Waals surface area contributed by atoms with Crippen LogP contribution in [0.25, 0.3) is 90.9 Å². The largest absolute Gasteiger partial charge is 0.508 e.